The van der Waals surface area contributed by atoms with Crippen LogP contribution in [0.5, 0.6) is 0 Å². The minimum absolute atomic E-state index is 0.318. The number of rotatable bonds is 6. The van der Waals surface area contributed by atoms with Crippen molar-refractivity contribution in [1.82, 2.24) is 10.3 Å². The smallest absolute Gasteiger partial charge is 0.335 e. The van der Waals surface area contributed by atoms with Crippen molar-refractivity contribution in [1.29, 1.82) is 0 Å². The molecule has 1 aliphatic heterocycles. The van der Waals surface area contributed by atoms with Crippen LogP contribution in [0.25, 0.3) is 0 Å². The summed E-state index contributed by atoms with van der Waals surface area (Å²) in [7, 11) is 0. The summed E-state index contributed by atoms with van der Waals surface area (Å²) in [5.41, 5.74) is 2.60. The maximum atomic E-state index is 10.8. The van der Waals surface area contributed by atoms with Crippen molar-refractivity contribution in [2.24, 2.45) is 0 Å². The molecule has 0 unspecified atom stereocenters. The van der Waals surface area contributed by atoms with Crippen molar-refractivity contribution in [2.75, 3.05) is 18.0 Å². The van der Waals surface area contributed by atoms with Crippen molar-refractivity contribution >= 4 is 11.8 Å². The Labute approximate surface area is 136 Å². The molecule has 1 aromatic carbocycles. The summed E-state index contributed by atoms with van der Waals surface area (Å²) in [6.45, 7) is 3.67. The van der Waals surface area contributed by atoms with Gasteiger partial charge in [-0.3, -0.25) is 0 Å². The standard InChI is InChI=1S/C18H21N3O2/c22-18(23)16-5-3-14(4-6-16)12-19-13-15-7-8-20-17(11-15)21-9-1-2-10-21/h3-8,11,19H,1-2,9-10,12-13H2,(H,22,23). The zero-order valence-corrected chi connectivity index (χ0v) is 13.0. The molecule has 2 heterocycles. The molecule has 1 fully saturated rings. The van der Waals surface area contributed by atoms with E-state index < -0.39 is 5.97 Å². The summed E-state index contributed by atoms with van der Waals surface area (Å²) in [4.78, 5) is 17.6. The molecule has 0 aliphatic carbocycles. The lowest BCUT2D eigenvalue weighted by atomic mass is 10.1. The predicted molar refractivity (Wildman–Crippen MR) is 89.6 cm³/mol. The van der Waals surface area contributed by atoms with Crippen LogP contribution in [0.4, 0.5) is 5.82 Å². The number of carboxylic acids is 1. The van der Waals surface area contributed by atoms with Gasteiger partial charge < -0.3 is 15.3 Å². The predicted octanol–water partition coefficient (Wildman–Crippen LogP) is 2.67. The van der Waals surface area contributed by atoms with E-state index >= 15 is 0 Å². The molecule has 1 saturated heterocycles. The van der Waals surface area contributed by atoms with E-state index in [9.17, 15) is 4.79 Å². The maximum absolute atomic E-state index is 10.8. The van der Waals surface area contributed by atoms with E-state index in [2.05, 4.69) is 21.3 Å². The van der Waals surface area contributed by atoms with Crippen molar-refractivity contribution in [2.45, 2.75) is 25.9 Å². The van der Waals surface area contributed by atoms with Gasteiger partial charge in [0.05, 0.1) is 5.56 Å². The fraction of sp³-hybridized carbons (Fsp3) is 0.333. The van der Waals surface area contributed by atoms with E-state index in [0.717, 1.165) is 31.0 Å². The summed E-state index contributed by atoms with van der Waals surface area (Å²) in [6.07, 6.45) is 4.36. The molecule has 0 radical (unpaired) electrons. The molecule has 2 aromatic rings. The third-order valence-corrected chi connectivity index (χ3v) is 4.10. The lowest BCUT2D eigenvalue weighted by Gasteiger charge is -2.17. The highest BCUT2D eigenvalue weighted by atomic mass is 16.4. The normalized spacial score (nSPS) is 14.2. The molecule has 5 nitrogen and oxygen atoms in total. The van der Waals surface area contributed by atoms with Crippen molar-refractivity contribution in [3.8, 4) is 0 Å². The largest absolute Gasteiger partial charge is 0.478 e. The summed E-state index contributed by atoms with van der Waals surface area (Å²) in [5.74, 6) is 0.170. The first-order valence-corrected chi connectivity index (χ1v) is 7.95. The fourth-order valence-electron chi connectivity index (χ4n) is 2.81. The van der Waals surface area contributed by atoms with Crippen molar-refractivity contribution < 1.29 is 9.90 Å². The number of carboxylic acid groups (broad SMARTS) is 1. The zero-order valence-electron chi connectivity index (χ0n) is 13.0. The Kier molecular flexibility index (Phi) is 4.88. The van der Waals surface area contributed by atoms with E-state index in [1.165, 1.54) is 18.4 Å². The van der Waals surface area contributed by atoms with Crippen LogP contribution in [-0.4, -0.2) is 29.1 Å². The van der Waals surface area contributed by atoms with E-state index in [-0.39, 0.29) is 0 Å². The number of anilines is 1. The second kappa shape index (κ2) is 7.24. The average Bonchev–Trinajstić information content (AvgIpc) is 3.10. The van der Waals surface area contributed by atoms with Gasteiger partial charge in [0.2, 0.25) is 0 Å². The Morgan fingerprint density at radius 3 is 2.48 bits per heavy atom. The van der Waals surface area contributed by atoms with E-state index in [1.54, 1.807) is 12.1 Å². The number of nitrogens with zero attached hydrogens (tertiary/aromatic N) is 2. The molecule has 2 N–H and O–H groups in total. The summed E-state index contributed by atoms with van der Waals surface area (Å²) >= 11 is 0. The van der Waals surface area contributed by atoms with Gasteiger partial charge in [-0.25, -0.2) is 9.78 Å². The van der Waals surface area contributed by atoms with Crippen LogP contribution in [0.3, 0.4) is 0 Å². The Morgan fingerprint density at radius 2 is 1.78 bits per heavy atom. The Morgan fingerprint density at radius 1 is 1.09 bits per heavy atom. The van der Waals surface area contributed by atoms with Gasteiger partial charge in [0.1, 0.15) is 5.82 Å². The molecule has 0 bridgehead atoms. The SMILES string of the molecule is O=C(O)c1ccc(CNCc2ccnc(N3CCCC3)c2)cc1. The van der Waals surface area contributed by atoms with Crippen molar-refractivity contribution in [3.63, 3.8) is 0 Å². The van der Waals surface area contributed by atoms with Crippen LogP contribution >= 0.6 is 0 Å². The molecule has 1 aliphatic rings. The molecule has 0 saturated carbocycles. The fourth-order valence-corrected chi connectivity index (χ4v) is 2.81. The molecule has 5 heteroatoms. The molecular weight excluding hydrogens is 290 g/mol. The number of pyridine rings is 1. The summed E-state index contributed by atoms with van der Waals surface area (Å²) in [6, 6.07) is 11.1. The summed E-state index contributed by atoms with van der Waals surface area (Å²) in [5, 5.41) is 12.3. The zero-order chi connectivity index (χ0) is 16.1. The first kappa shape index (κ1) is 15.5. The lowest BCUT2D eigenvalue weighted by Crippen LogP contribution is -2.19. The lowest BCUT2D eigenvalue weighted by molar-refractivity contribution is 0.0697. The van der Waals surface area contributed by atoms with Crippen LogP contribution in [0.15, 0.2) is 42.6 Å². The molecular formula is C18H21N3O2. The minimum atomic E-state index is -0.893. The quantitative estimate of drug-likeness (QED) is 0.858. The number of aromatic carboxylic acids is 1. The Bertz CT molecular complexity index is 664. The third-order valence-electron chi connectivity index (χ3n) is 4.10. The van der Waals surface area contributed by atoms with Crippen LogP contribution in [0.1, 0.15) is 34.3 Å². The van der Waals surface area contributed by atoms with E-state index in [1.807, 2.05) is 24.4 Å². The molecule has 120 valence electrons. The average molecular weight is 311 g/mol. The first-order chi connectivity index (χ1) is 11.2. The monoisotopic (exact) mass is 311 g/mol. The molecule has 1 aromatic heterocycles. The topological polar surface area (TPSA) is 65.5 Å². The van der Waals surface area contributed by atoms with Gasteiger partial charge in [-0.1, -0.05) is 12.1 Å². The number of nitrogens with one attached hydrogen (secondary N) is 1. The van der Waals surface area contributed by atoms with E-state index in [0.29, 0.717) is 12.1 Å². The second-order valence-electron chi connectivity index (χ2n) is 5.82. The second-order valence-corrected chi connectivity index (χ2v) is 5.82. The van der Waals surface area contributed by atoms with Crippen LogP contribution < -0.4 is 10.2 Å². The van der Waals surface area contributed by atoms with E-state index in [4.69, 9.17) is 5.11 Å². The molecule has 0 amide bonds. The van der Waals surface area contributed by atoms with Crippen LogP contribution in [0.2, 0.25) is 0 Å². The first-order valence-electron chi connectivity index (χ1n) is 7.95. The maximum Gasteiger partial charge on any atom is 0.335 e. The summed E-state index contributed by atoms with van der Waals surface area (Å²) < 4.78 is 0. The van der Waals surface area contributed by atoms with Gasteiger partial charge in [0.15, 0.2) is 0 Å². The number of benzene rings is 1. The molecule has 3 rings (SSSR count). The van der Waals surface area contributed by atoms with Crippen LogP contribution in [0, 0.1) is 0 Å². The third kappa shape index (κ3) is 4.07. The minimum Gasteiger partial charge on any atom is -0.478 e. The van der Waals surface area contributed by atoms with Gasteiger partial charge in [-0.15, -0.1) is 0 Å². The molecule has 0 spiro atoms. The van der Waals surface area contributed by atoms with Gasteiger partial charge in [0.25, 0.3) is 0 Å². The number of hydrogen-bond donors (Lipinski definition) is 2. The number of hydrogen-bond acceptors (Lipinski definition) is 4. The van der Waals surface area contributed by atoms with Crippen LogP contribution in [-0.2, 0) is 13.1 Å². The highest BCUT2D eigenvalue weighted by Gasteiger charge is 2.13. The number of aromatic nitrogens is 1. The Balaban J connectivity index is 1.54. The Hall–Kier alpha value is -2.40. The van der Waals surface area contributed by atoms with Crippen molar-refractivity contribution in [3.05, 3.63) is 59.3 Å². The van der Waals surface area contributed by atoms with Gasteiger partial charge in [-0.2, -0.15) is 0 Å². The molecule has 23 heavy (non-hydrogen) atoms. The highest BCUT2D eigenvalue weighted by Crippen LogP contribution is 2.18. The number of carbonyl (C=O) groups is 1. The van der Waals surface area contributed by atoms with Gasteiger partial charge in [-0.05, 0) is 48.2 Å². The highest BCUT2D eigenvalue weighted by molar-refractivity contribution is 5.87. The van der Waals surface area contributed by atoms with Gasteiger partial charge in [0, 0.05) is 32.4 Å². The molecule has 0 atom stereocenters. The van der Waals surface area contributed by atoms with Gasteiger partial charge >= 0.3 is 5.97 Å².